The second-order valence-corrected chi connectivity index (χ2v) is 7.68. The molecule has 2 amide bonds. The van der Waals surface area contributed by atoms with E-state index in [4.69, 9.17) is 4.74 Å². The number of carbonyl (C=O) groups excluding carboxylic acids is 2. The van der Waals surface area contributed by atoms with E-state index in [1.165, 1.54) is 12.1 Å². The summed E-state index contributed by atoms with van der Waals surface area (Å²) in [5.74, 6) is -0.436. The molecule has 130 valence electrons. The van der Waals surface area contributed by atoms with E-state index in [1.54, 1.807) is 11.0 Å². The summed E-state index contributed by atoms with van der Waals surface area (Å²) in [5, 5.41) is 2.83. The molecule has 5 nitrogen and oxygen atoms in total. The summed E-state index contributed by atoms with van der Waals surface area (Å²) in [5.41, 5.74) is 0.447. The van der Waals surface area contributed by atoms with Crippen LogP contribution in [-0.2, 0) is 16.0 Å². The maximum Gasteiger partial charge on any atom is 0.410 e. The minimum absolute atomic E-state index is 0.0792. The van der Waals surface area contributed by atoms with E-state index < -0.39 is 11.0 Å². The standard InChI is InChI=1S/C18H23FN2O3/c1-17(2,3)24-16(23)21-8-6-18(7-9-21)11-12-4-5-13(19)10-14(12)20-15(18)22/h4-5,10H,6-9,11H2,1-3H3,(H,20,22). The minimum Gasteiger partial charge on any atom is -0.444 e. The van der Waals surface area contributed by atoms with Gasteiger partial charge >= 0.3 is 6.09 Å². The molecular weight excluding hydrogens is 311 g/mol. The van der Waals surface area contributed by atoms with Crippen molar-refractivity contribution in [2.75, 3.05) is 18.4 Å². The summed E-state index contributed by atoms with van der Waals surface area (Å²) in [7, 11) is 0. The van der Waals surface area contributed by atoms with Crippen LogP contribution in [0.1, 0.15) is 39.2 Å². The molecule has 0 unspecified atom stereocenters. The molecular formula is C18H23FN2O3. The first-order valence-corrected chi connectivity index (χ1v) is 8.26. The molecule has 0 atom stereocenters. The van der Waals surface area contributed by atoms with Gasteiger partial charge in [-0.1, -0.05) is 6.07 Å². The van der Waals surface area contributed by atoms with E-state index >= 15 is 0 Å². The van der Waals surface area contributed by atoms with Gasteiger partial charge in [0.25, 0.3) is 0 Å². The Kier molecular flexibility index (Phi) is 4.01. The van der Waals surface area contributed by atoms with Crippen LogP contribution in [0.25, 0.3) is 0 Å². The molecule has 0 radical (unpaired) electrons. The molecule has 0 aromatic heterocycles. The Morgan fingerprint density at radius 1 is 1.29 bits per heavy atom. The lowest BCUT2D eigenvalue weighted by Crippen LogP contribution is -2.51. The van der Waals surface area contributed by atoms with Gasteiger partial charge in [-0.3, -0.25) is 4.79 Å². The van der Waals surface area contributed by atoms with Crippen molar-refractivity contribution in [2.24, 2.45) is 5.41 Å². The molecule has 1 aromatic rings. The van der Waals surface area contributed by atoms with Gasteiger partial charge in [0, 0.05) is 18.8 Å². The fraction of sp³-hybridized carbons (Fsp3) is 0.556. The van der Waals surface area contributed by atoms with E-state index in [9.17, 15) is 14.0 Å². The van der Waals surface area contributed by atoms with E-state index in [2.05, 4.69) is 5.32 Å². The summed E-state index contributed by atoms with van der Waals surface area (Å²) in [6, 6.07) is 4.50. The molecule has 1 N–H and O–H groups in total. The van der Waals surface area contributed by atoms with Gasteiger partial charge in [-0.25, -0.2) is 9.18 Å². The monoisotopic (exact) mass is 334 g/mol. The highest BCUT2D eigenvalue weighted by Gasteiger charge is 2.45. The number of amides is 2. The lowest BCUT2D eigenvalue weighted by molar-refractivity contribution is -0.128. The van der Waals surface area contributed by atoms with Crippen molar-refractivity contribution in [3.05, 3.63) is 29.6 Å². The molecule has 1 saturated heterocycles. The van der Waals surface area contributed by atoms with Crippen molar-refractivity contribution in [1.82, 2.24) is 4.90 Å². The molecule has 2 heterocycles. The SMILES string of the molecule is CC(C)(C)OC(=O)N1CCC2(CC1)Cc1ccc(F)cc1NC2=O. The van der Waals surface area contributed by atoms with Crippen LogP contribution in [0.2, 0.25) is 0 Å². The highest BCUT2D eigenvalue weighted by Crippen LogP contribution is 2.41. The van der Waals surface area contributed by atoms with Gasteiger partial charge in [0.15, 0.2) is 0 Å². The van der Waals surface area contributed by atoms with E-state index in [0.717, 1.165) is 5.56 Å². The Morgan fingerprint density at radius 2 is 1.96 bits per heavy atom. The number of fused-ring (bicyclic) bond motifs is 1. The number of likely N-dealkylation sites (tertiary alicyclic amines) is 1. The highest BCUT2D eigenvalue weighted by atomic mass is 19.1. The van der Waals surface area contributed by atoms with E-state index in [0.29, 0.717) is 38.0 Å². The van der Waals surface area contributed by atoms with Crippen LogP contribution in [0.4, 0.5) is 14.9 Å². The highest BCUT2D eigenvalue weighted by molar-refractivity contribution is 5.98. The van der Waals surface area contributed by atoms with Gasteiger partial charge in [-0.2, -0.15) is 0 Å². The molecule has 1 spiro atoms. The fourth-order valence-electron chi connectivity index (χ4n) is 3.37. The summed E-state index contributed by atoms with van der Waals surface area (Å²) < 4.78 is 18.7. The molecule has 2 aliphatic heterocycles. The summed E-state index contributed by atoms with van der Waals surface area (Å²) in [6.07, 6.45) is 1.40. The number of ether oxygens (including phenoxy) is 1. The van der Waals surface area contributed by atoms with Crippen molar-refractivity contribution in [2.45, 2.75) is 45.6 Å². The molecule has 24 heavy (non-hydrogen) atoms. The third-order valence-electron chi connectivity index (χ3n) is 4.70. The minimum atomic E-state index is -0.530. The first-order chi connectivity index (χ1) is 11.2. The molecule has 6 heteroatoms. The number of carbonyl (C=O) groups is 2. The normalized spacial score (nSPS) is 19.7. The molecule has 1 fully saturated rings. The molecule has 0 bridgehead atoms. The van der Waals surface area contributed by atoms with Crippen LogP contribution in [0.3, 0.4) is 0 Å². The average molecular weight is 334 g/mol. The van der Waals surface area contributed by atoms with Crippen LogP contribution < -0.4 is 5.32 Å². The quantitative estimate of drug-likeness (QED) is 0.792. The first-order valence-electron chi connectivity index (χ1n) is 8.26. The fourth-order valence-corrected chi connectivity index (χ4v) is 3.37. The average Bonchev–Trinajstić information content (AvgIpc) is 2.48. The number of piperidine rings is 1. The number of benzene rings is 1. The van der Waals surface area contributed by atoms with E-state index in [1.807, 2.05) is 20.8 Å². The molecule has 2 aliphatic rings. The molecule has 3 rings (SSSR count). The summed E-state index contributed by atoms with van der Waals surface area (Å²) in [6.45, 7) is 6.47. The van der Waals surface area contributed by atoms with Crippen LogP contribution >= 0.6 is 0 Å². The topological polar surface area (TPSA) is 58.6 Å². The van der Waals surface area contributed by atoms with Gasteiger partial charge in [0.1, 0.15) is 11.4 Å². The zero-order chi connectivity index (χ0) is 17.5. The predicted molar refractivity (Wildman–Crippen MR) is 88.2 cm³/mol. The molecule has 0 aliphatic carbocycles. The second kappa shape index (κ2) is 5.76. The predicted octanol–water partition coefficient (Wildman–Crippen LogP) is 3.34. The summed E-state index contributed by atoms with van der Waals surface area (Å²) >= 11 is 0. The lowest BCUT2D eigenvalue weighted by Gasteiger charge is -2.43. The largest absolute Gasteiger partial charge is 0.444 e. The number of anilines is 1. The number of hydrogen-bond acceptors (Lipinski definition) is 3. The molecule has 0 saturated carbocycles. The number of nitrogens with one attached hydrogen (secondary N) is 1. The smallest absolute Gasteiger partial charge is 0.410 e. The van der Waals surface area contributed by atoms with Gasteiger partial charge in [0.2, 0.25) is 5.91 Å². The Morgan fingerprint density at radius 3 is 2.58 bits per heavy atom. The van der Waals surface area contributed by atoms with Gasteiger partial charge in [-0.15, -0.1) is 0 Å². The number of nitrogens with zero attached hydrogens (tertiary/aromatic N) is 1. The second-order valence-electron chi connectivity index (χ2n) is 7.68. The van der Waals surface area contributed by atoms with Crippen LogP contribution in [-0.4, -0.2) is 35.6 Å². The van der Waals surface area contributed by atoms with Gasteiger partial charge in [0.05, 0.1) is 5.41 Å². The van der Waals surface area contributed by atoms with Crippen molar-refractivity contribution in [1.29, 1.82) is 0 Å². The first kappa shape index (κ1) is 16.7. The molecule has 1 aromatic carbocycles. The van der Waals surface area contributed by atoms with Crippen LogP contribution in [0.5, 0.6) is 0 Å². The number of rotatable bonds is 0. The lowest BCUT2D eigenvalue weighted by atomic mass is 9.71. The Bertz CT molecular complexity index is 673. The third kappa shape index (κ3) is 3.23. The maximum absolute atomic E-state index is 13.3. The van der Waals surface area contributed by atoms with Crippen molar-refractivity contribution in [3.8, 4) is 0 Å². The van der Waals surface area contributed by atoms with Crippen molar-refractivity contribution < 1.29 is 18.7 Å². The Balaban J connectivity index is 1.70. The van der Waals surface area contributed by atoms with Crippen LogP contribution in [0.15, 0.2) is 18.2 Å². The van der Waals surface area contributed by atoms with Crippen LogP contribution in [0, 0.1) is 11.2 Å². The maximum atomic E-state index is 13.3. The summed E-state index contributed by atoms with van der Waals surface area (Å²) in [4.78, 5) is 26.4. The van der Waals surface area contributed by atoms with Crippen molar-refractivity contribution >= 4 is 17.7 Å². The number of hydrogen-bond donors (Lipinski definition) is 1. The van der Waals surface area contributed by atoms with Gasteiger partial charge < -0.3 is 15.0 Å². The van der Waals surface area contributed by atoms with Crippen molar-refractivity contribution in [3.63, 3.8) is 0 Å². The zero-order valence-corrected chi connectivity index (χ0v) is 14.3. The number of halogens is 1. The Labute approximate surface area is 141 Å². The van der Waals surface area contributed by atoms with E-state index in [-0.39, 0.29) is 17.8 Å². The van der Waals surface area contributed by atoms with Gasteiger partial charge in [-0.05, 0) is 57.7 Å². The zero-order valence-electron chi connectivity index (χ0n) is 14.3. The Hall–Kier alpha value is -2.11. The third-order valence-corrected chi connectivity index (χ3v) is 4.70.